The van der Waals surface area contributed by atoms with Crippen LogP contribution in [0.5, 0.6) is 0 Å². The van der Waals surface area contributed by atoms with Crippen molar-refractivity contribution in [2.75, 3.05) is 0 Å². The number of carboxylic acid groups (broad SMARTS) is 2. The number of carboxylic acids is 2. The zero-order valence-electron chi connectivity index (χ0n) is 11.0. The second-order valence-corrected chi connectivity index (χ2v) is 5.87. The Hall–Kier alpha value is -1.10. The predicted octanol–water partition coefficient (Wildman–Crippen LogP) is 1.71. The molecule has 0 aliphatic rings. The molecule has 5 heteroatoms. The summed E-state index contributed by atoms with van der Waals surface area (Å²) in [7, 11) is 0. The van der Waals surface area contributed by atoms with Gasteiger partial charge in [0.2, 0.25) is 0 Å². The van der Waals surface area contributed by atoms with E-state index in [2.05, 4.69) is 20.8 Å². The number of hydrogen-bond donors (Lipinski definition) is 3. The Labute approximate surface area is 102 Å². The summed E-state index contributed by atoms with van der Waals surface area (Å²) in [4.78, 5) is 22.0. The number of nitrogens with two attached hydrogens (primary N) is 1. The molecule has 5 nitrogen and oxygen atoms in total. The van der Waals surface area contributed by atoms with Crippen LogP contribution in [0.3, 0.4) is 0 Å². The molecular weight excluding hydrogens is 222 g/mol. The third kappa shape index (κ3) is 4.34. The van der Waals surface area contributed by atoms with Crippen molar-refractivity contribution in [1.29, 1.82) is 0 Å². The van der Waals surface area contributed by atoms with Gasteiger partial charge >= 0.3 is 11.9 Å². The monoisotopic (exact) mass is 245 g/mol. The van der Waals surface area contributed by atoms with Crippen molar-refractivity contribution in [2.24, 2.45) is 16.6 Å². The van der Waals surface area contributed by atoms with E-state index < -0.39 is 23.4 Å². The highest BCUT2D eigenvalue weighted by Crippen LogP contribution is 2.27. The Morgan fingerprint density at radius 1 is 1.12 bits per heavy atom. The van der Waals surface area contributed by atoms with E-state index in [1.165, 1.54) is 6.92 Å². The van der Waals surface area contributed by atoms with Gasteiger partial charge in [-0.15, -0.1) is 0 Å². The van der Waals surface area contributed by atoms with Gasteiger partial charge in [0.05, 0.1) is 0 Å². The fraction of sp³-hybridized carbons (Fsp3) is 0.833. The van der Waals surface area contributed by atoms with Gasteiger partial charge in [0.1, 0.15) is 0 Å². The van der Waals surface area contributed by atoms with Crippen LogP contribution in [0.4, 0.5) is 0 Å². The van der Waals surface area contributed by atoms with Crippen LogP contribution in [0.1, 0.15) is 47.0 Å². The van der Waals surface area contributed by atoms with Crippen LogP contribution in [0.25, 0.3) is 0 Å². The van der Waals surface area contributed by atoms with Crippen LogP contribution in [0.15, 0.2) is 0 Å². The van der Waals surface area contributed by atoms with Crippen LogP contribution in [0.2, 0.25) is 0 Å². The van der Waals surface area contributed by atoms with Crippen LogP contribution in [0, 0.1) is 10.8 Å². The van der Waals surface area contributed by atoms with Crippen molar-refractivity contribution >= 4 is 11.9 Å². The largest absolute Gasteiger partial charge is 0.480 e. The maximum absolute atomic E-state index is 11.0. The minimum Gasteiger partial charge on any atom is -0.480 e. The smallest absolute Gasteiger partial charge is 0.322 e. The lowest BCUT2D eigenvalue weighted by Crippen LogP contribution is -2.51. The number of hydrogen-bond acceptors (Lipinski definition) is 3. The van der Waals surface area contributed by atoms with Gasteiger partial charge in [0.25, 0.3) is 0 Å². The molecule has 0 heterocycles. The second-order valence-electron chi connectivity index (χ2n) is 5.87. The first kappa shape index (κ1) is 15.9. The third-order valence-electron chi connectivity index (χ3n) is 3.07. The van der Waals surface area contributed by atoms with E-state index in [1.807, 2.05) is 0 Å². The summed E-state index contributed by atoms with van der Waals surface area (Å²) in [5.74, 6) is -2.76. The lowest BCUT2D eigenvalue weighted by molar-refractivity contribution is -0.165. The molecule has 4 N–H and O–H groups in total. The van der Waals surface area contributed by atoms with E-state index in [4.69, 9.17) is 15.9 Å². The van der Waals surface area contributed by atoms with Crippen molar-refractivity contribution in [2.45, 2.75) is 53.0 Å². The fourth-order valence-electron chi connectivity index (χ4n) is 1.55. The fourth-order valence-corrected chi connectivity index (χ4v) is 1.55. The van der Waals surface area contributed by atoms with Gasteiger partial charge in [-0.3, -0.25) is 9.59 Å². The maximum Gasteiger partial charge on any atom is 0.322 e. The first-order valence-corrected chi connectivity index (χ1v) is 5.74. The molecule has 0 amide bonds. The highest BCUT2D eigenvalue weighted by Gasteiger charge is 2.46. The molecule has 17 heavy (non-hydrogen) atoms. The zero-order valence-corrected chi connectivity index (χ0v) is 11.0. The van der Waals surface area contributed by atoms with Gasteiger partial charge in [-0.25, -0.2) is 0 Å². The molecule has 0 aliphatic carbocycles. The normalized spacial score (nSPS) is 14.4. The molecule has 0 saturated carbocycles. The molecule has 0 fully saturated rings. The second kappa shape index (κ2) is 5.49. The average molecular weight is 245 g/mol. The first-order valence-electron chi connectivity index (χ1n) is 5.74. The van der Waals surface area contributed by atoms with E-state index in [0.717, 1.165) is 12.8 Å². The molecule has 0 aromatic carbocycles. The minimum atomic E-state index is -1.90. The van der Waals surface area contributed by atoms with Gasteiger partial charge in [-0.05, 0) is 25.2 Å². The minimum absolute atomic E-state index is 0.141. The Bertz CT molecular complexity index is 279. The number of aliphatic carboxylic acids is 2. The van der Waals surface area contributed by atoms with Crippen molar-refractivity contribution in [3.63, 3.8) is 0 Å². The molecule has 0 bridgehead atoms. The topological polar surface area (TPSA) is 101 Å². The lowest BCUT2D eigenvalue weighted by atomic mass is 9.79. The number of carbonyl (C=O) groups is 2. The van der Waals surface area contributed by atoms with Gasteiger partial charge < -0.3 is 15.9 Å². The molecule has 100 valence electrons. The Morgan fingerprint density at radius 3 is 1.82 bits per heavy atom. The Balaban J connectivity index is 4.52. The summed E-state index contributed by atoms with van der Waals surface area (Å²) >= 11 is 0. The zero-order chi connectivity index (χ0) is 13.9. The maximum atomic E-state index is 11.0. The number of rotatable bonds is 6. The molecule has 0 aromatic rings. The van der Waals surface area contributed by atoms with Crippen molar-refractivity contribution in [3.05, 3.63) is 0 Å². The van der Waals surface area contributed by atoms with Crippen molar-refractivity contribution in [1.82, 2.24) is 0 Å². The SMILES string of the molecule is CC(C)(C)CCCC(N)C(C)(C(=O)O)C(=O)O. The molecule has 1 atom stereocenters. The summed E-state index contributed by atoms with van der Waals surface area (Å²) in [5, 5.41) is 17.9. The highest BCUT2D eigenvalue weighted by atomic mass is 16.4. The van der Waals surface area contributed by atoms with E-state index in [1.54, 1.807) is 0 Å². The summed E-state index contributed by atoms with van der Waals surface area (Å²) < 4.78 is 0. The molecule has 0 radical (unpaired) electrons. The van der Waals surface area contributed by atoms with E-state index in [9.17, 15) is 9.59 Å². The molecule has 0 rings (SSSR count). The molecule has 0 aromatic heterocycles. The van der Waals surface area contributed by atoms with Crippen LogP contribution in [-0.4, -0.2) is 28.2 Å². The summed E-state index contributed by atoms with van der Waals surface area (Å²) in [6.45, 7) is 7.39. The predicted molar refractivity (Wildman–Crippen MR) is 64.7 cm³/mol. The van der Waals surface area contributed by atoms with Gasteiger partial charge in [-0.1, -0.05) is 27.2 Å². The quantitative estimate of drug-likeness (QED) is 0.618. The van der Waals surface area contributed by atoms with E-state index in [-0.39, 0.29) is 5.41 Å². The van der Waals surface area contributed by atoms with Gasteiger partial charge in [0.15, 0.2) is 5.41 Å². The highest BCUT2D eigenvalue weighted by molar-refractivity contribution is 5.98. The molecule has 1 unspecified atom stereocenters. The van der Waals surface area contributed by atoms with Gasteiger partial charge in [-0.2, -0.15) is 0 Å². The Morgan fingerprint density at radius 2 is 1.53 bits per heavy atom. The van der Waals surface area contributed by atoms with E-state index in [0.29, 0.717) is 6.42 Å². The average Bonchev–Trinajstić information content (AvgIpc) is 2.13. The van der Waals surface area contributed by atoms with Gasteiger partial charge in [0, 0.05) is 6.04 Å². The van der Waals surface area contributed by atoms with Crippen LogP contribution < -0.4 is 5.73 Å². The first-order chi connectivity index (χ1) is 7.51. The molecule has 0 aliphatic heterocycles. The van der Waals surface area contributed by atoms with Crippen LogP contribution >= 0.6 is 0 Å². The van der Waals surface area contributed by atoms with Crippen molar-refractivity contribution in [3.8, 4) is 0 Å². The summed E-state index contributed by atoms with van der Waals surface area (Å²) in [5.41, 5.74) is 3.96. The molecule has 0 saturated heterocycles. The van der Waals surface area contributed by atoms with E-state index >= 15 is 0 Å². The summed E-state index contributed by atoms with van der Waals surface area (Å²) in [6, 6.07) is -0.875. The van der Waals surface area contributed by atoms with Crippen molar-refractivity contribution < 1.29 is 19.8 Å². The molecule has 0 spiro atoms. The standard InChI is InChI=1S/C12H23NO4/c1-11(2,3)7-5-6-8(13)12(4,9(14)15)10(16)17/h8H,5-7,13H2,1-4H3,(H,14,15)(H,16,17). The molecular formula is C12H23NO4. The summed E-state index contributed by atoms with van der Waals surface area (Å²) in [6.07, 6.45) is 2.00. The Kier molecular flexibility index (Phi) is 5.13. The third-order valence-corrected chi connectivity index (χ3v) is 3.07. The van der Waals surface area contributed by atoms with Crippen LogP contribution in [-0.2, 0) is 9.59 Å². The lowest BCUT2D eigenvalue weighted by Gasteiger charge is -2.28.